The van der Waals surface area contributed by atoms with Crippen molar-refractivity contribution in [2.45, 2.75) is 71.4 Å². The fourth-order valence-electron chi connectivity index (χ4n) is 2.83. The molecule has 0 heterocycles. The molecule has 0 aromatic heterocycles. The van der Waals surface area contributed by atoms with Crippen molar-refractivity contribution in [3.8, 4) is 0 Å². The number of nitrogens with one attached hydrogen (secondary N) is 1. The van der Waals surface area contributed by atoms with Gasteiger partial charge in [0.15, 0.2) is 5.78 Å². The number of hydrogen-bond donors (Lipinski definition) is 3. The molecule has 1 rings (SSSR count). The molecule has 1 amide bonds. The first-order chi connectivity index (χ1) is 14.2. The number of nitrogens with two attached hydrogens (primary N) is 1. The van der Waals surface area contributed by atoms with E-state index in [0.717, 1.165) is 19.3 Å². The van der Waals surface area contributed by atoms with Crippen LogP contribution in [-0.4, -0.2) is 49.3 Å². The van der Waals surface area contributed by atoms with Crippen LogP contribution in [0.15, 0.2) is 30.3 Å². The van der Waals surface area contributed by atoms with Gasteiger partial charge in [0.2, 0.25) is 0 Å². The quantitative estimate of drug-likeness (QED) is 0.361. The van der Waals surface area contributed by atoms with Crippen LogP contribution in [0.4, 0.5) is 4.79 Å². The Balaban J connectivity index is 0.00000161. The monoisotopic (exact) mass is 458 g/mol. The van der Waals surface area contributed by atoms with Crippen LogP contribution in [0, 0.1) is 5.92 Å². The van der Waals surface area contributed by atoms with Gasteiger partial charge in [0.05, 0.1) is 12.3 Å². The number of rotatable bonds is 10. The van der Waals surface area contributed by atoms with Crippen LogP contribution in [0.3, 0.4) is 0 Å². The number of benzene rings is 1. The maximum Gasteiger partial charge on any atom is 0.408 e. The third-order valence-corrected chi connectivity index (χ3v) is 4.00. The molecule has 0 aliphatic rings. The van der Waals surface area contributed by atoms with Crippen molar-refractivity contribution in [3.05, 3.63) is 35.9 Å². The first-order valence-corrected chi connectivity index (χ1v) is 12.2. The second-order valence-corrected chi connectivity index (χ2v) is 10.1. The van der Waals surface area contributed by atoms with Gasteiger partial charge in [-0.05, 0) is 64.5 Å². The van der Waals surface area contributed by atoms with E-state index in [1.807, 2.05) is 18.2 Å². The molecule has 1 aromatic carbocycles. The molecule has 8 nitrogen and oxygen atoms in total. The van der Waals surface area contributed by atoms with Gasteiger partial charge in [0.25, 0.3) is 10.1 Å². The normalized spacial score (nSPS) is 13.4. The van der Waals surface area contributed by atoms with E-state index in [0.29, 0.717) is 25.6 Å². The van der Waals surface area contributed by atoms with Gasteiger partial charge in [-0.25, -0.2) is 4.79 Å². The first-order valence-electron chi connectivity index (χ1n) is 10.4. The summed E-state index contributed by atoms with van der Waals surface area (Å²) in [4.78, 5) is 24.8. The smallest absolute Gasteiger partial charge is 0.408 e. The van der Waals surface area contributed by atoms with Crippen LogP contribution in [0.2, 0.25) is 0 Å². The zero-order valence-corrected chi connectivity index (χ0v) is 20.1. The lowest BCUT2D eigenvalue weighted by Crippen LogP contribution is -2.44. The van der Waals surface area contributed by atoms with Gasteiger partial charge in [-0.15, -0.1) is 0 Å². The Morgan fingerprint density at radius 1 is 1.16 bits per heavy atom. The summed E-state index contributed by atoms with van der Waals surface area (Å²) in [6, 6.07) is 9.61. The first kappa shape index (κ1) is 29.0. The van der Waals surface area contributed by atoms with Crippen LogP contribution >= 0.6 is 0 Å². The van der Waals surface area contributed by atoms with Gasteiger partial charge in [-0.2, -0.15) is 8.42 Å². The number of hydrogen-bond acceptors (Lipinski definition) is 6. The highest BCUT2D eigenvalue weighted by molar-refractivity contribution is 7.85. The van der Waals surface area contributed by atoms with E-state index < -0.39 is 27.9 Å². The van der Waals surface area contributed by atoms with E-state index in [-0.39, 0.29) is 11.7 Å². The maximum atomic E-state index is 12.7. The van der Waals surface area contributed by atoms with Gasteiger partial charge in [0.1, 0.15) is 5.60 Å². The molecular weight excluding hydrogens is 420 g/mol. The van der Waals surface area contributed by atoms with Crippen molar-refractivity contribution in [2.75, 3.05) is 12.8 Å². The minimum atomic E-state index is -3.67. The number of Topliss-reactive ketones (excluding diaryl/α,β-unsaturated/α-hetero) is 1. The van der Waals surface area contributed by atoms with Crippen molar-refractivity contribution in [3.63, 3.8) is 0 Å². The number of carbonyl (C=O) groups excluding carboxylic acids is 2. The number of alkyl carbamates (subject to hydrolysis) is 1. The molecule has 0 spiro atoms. The number of ketones is 1. The molecule has 31 heavy (non-hydrogen) atoms. The average Bonchev–Trinajstić information content (AvgIpc) is 2.58. The molecule has 9 heteroatoms. The summed E-state index contributed by atoms with van der Waals surface area (Å²) in [7, 11) is -3.67. The molecule has 0 aliphatic carbocycles. The fraction of sp³-hybridized carbons (Fsp3) is 0.636. The molecule has 0 saturated carbocycles. The number of amides is 1. The Labute approximate surface area is 186 Å². The van der Waals surface area contributed by atoms with Crippen molar-refractivity contribution in [2.24, 2.45) is 11.7 Å². The predicted octanol–water partition coefficient (Wildman–Crippen LogP) is 3.35. The van der Waals surface area contributed by atoms with Crippen LogP contribution in [-0.2, 0) is 26.1 Å². The zero-order chi connectivity index (χ0) is 24.1. The molecule has 4 N–H and O–H groups in total. The fourth-order valence-corrected chi connectivity index (χ4v) is 2.83. The third-order valence-electron chi connectivity index (χ3n) is 4.00. The van der Waals surface area contributed by atoms with E-state index >= 15 is 0 Å². The predicted molar refractivity (Wildman–Crippen MR) is 122 cm³/mol. The highest BCUT2D eigenvalue weighted by atomic mass is 32.2. The minimum absolute atomic E-state index is 0.0521. The lowest BCUT2D eigenvalue weighted by Gasteiger charge is -2.24. The molecule has 2 atom stereocenters. The van der Waals surface area contributed by atoms with Gasteiger partial charge >= 0.3 is 6.09 Å². The van der Waals surface area contributed by atoms with E-state index in [4.69, 9.17) is 15.0 Å². The summed E-state index contributed by atoms with van der Waals surface area (Å²) >= 11 is 0. The topological polar surface area (TPSA) is 136 Å². The summed E-state index contributed by atoms with van der Waals surface area (Å²) in [5, 5.41) is 2.75. The van der Waals surface area contributed by atoms with Crippen LogP contribution in [0.25, 0.3) is 0 Å². The van der Waals surface area contributed by atoms with Crippen molar-refractivity contribution in [1.82, 2.24) is 5.32 Å². The van der Waals surface area contributed by atoms with Crippen molar-refractivity contribution in [1.29, 1.82) is 0 Å². The Kier molecular flexibility index (Phi) is 13.3. The van der Waals surface area contributed by atoms with E-state index in [2.05, 4.69) is 24.4 Å². The molecule has 0 saturated heterocycles. The minimum Gasteiger partial charge on any atom is -0.444 e. The van der Waals surface area contributed by atoms with Crippen LogP contribution in [0.1, 0.15) is 58.9 Å². The van der Waals surface area contributed by atoms with Crippen LogP contribution < -0.4 is 11.1 Å². The summed E-state index contributed by atoms with van der Waals surface area (Å²) in [6.07, 6.45) is 3.67. The molecule has 0 unspecified atom stereocenters. The number of unbranched alkanes of at least 4 members (excludes halogenated alkanes) is 1. The summed E-state index contributed by atoms with van der Waals surface area (Å²) in [5.74, 6) is 0.263. The number of carbonyl (C=O) groups is 2. The lowest BCUT2D eigenvalue weighted by molar-refractivity contribution is -0.122. The van der Waals surface area contributed by atoms with E-state index in [1.165, 1.54) is 5.56 Å². The maximum absolute atomic E-state index is 12.7. The summed E-state index contributed by atoms with van der Waals surface area (Å²) in [6.45, 7) is 8.06. The van der Waals surface area contributed by atoms with Crippen LogP contribution in [0.5, 0.6) is 0 Å². The molecule has 178 valence electrons. The zero-order valence-electron chi connectivity index (χ0n) is 19.3. The standard InChI is InChI=1S/C21H34N2O3.CH4O3S/c1-16(14-17-10-6-5-7-11-17)15-19(24)18(12-8-9-13-22)23-20(25)26-21(2,3)4;1-5(2,3)4/h5-7,10-11,16,18H,8-9,12-15,22H2,1-4H3,(H,23,25);1H3,(H,2,3,4)/t16-,18-;/m0./s1. The molecule has 1 aromatic rings. The SMILES string of the molecule is CS(=O)(=O)O.C[C@H](CC(=O)[C@H](CCCCN)NC(=O)OC(C)(C)C)Cc1ccccc1. The summed E-state index contributed by atoms with van der Waals surface area (Å²) < 4.78 is 31.2. The highest BCUT2D eigenvalue weighted by Gasteiger charge is 2.25. The van der Waals surface area contributed by atoms with Crippen molar-refractivity contribution >= 4 is 22.0 Å². The second-order valence-electron chi connectivity index (χ2n) is 8.68. The summed E-state index contributed by atoms with van der Waals surface area (Å²) in [5.41, 5.74) is 6.17. The number of ether oxygens (including phenoxy) is 1. The molecule has 0 bridgehead atoms. The Bertz CT molecular complexity index is 752. The Hall–Kier alpha value is -1.97. The molecule has 0 aliphatic heterocycles. The lowest BCUT2D eigenvalue weighted by atomic mass is 9.92. The van der Waals surface area contributed by atoms with Gasteiger partial charge in [0, 0.05) is 6.42 Å². The van der Waals surface area contributed by atoms with Crippen molar-refractivity contribution < 1.29 is 27.3 Å². The second kappa shape index (κ2) is 14.2. The van der Waals surface area contributed by atoms with Gasteiger partial charge in [-0.3, -0.25) is 9.35 Å². The largest absolute Gasteiger partial charge is 0.444 e. The molecule has 0 fully saturated rings. The third kappa shape index (κ3) is 18.5. The van der Waals surface area contributed by atoms with Gasteiger partial charge < -0.3 is 15.8 Å². The Morgan fingerprint density at radius 3 is 2.19 bits per heavy atom. The molecular formula is C22H38N2O6S. The van der Waals surface area contributed by atoms with Gasteiger partial charge in [-0.1, -0.05) is 37.3 Å². The average molecular weight is 459 g/mol. The van der Waals surface area contributed by atoms with E-state index in [9.17, 15) is 18.0 Å². The highest BCUT2D eigenvalue weighted by Crippen LogP contribution is 2.15. The Morgan fingerprint density at radius 2 is 1.71 bits per heavy atom. The molecule has 0 radical (unpaired) electrons. The van der Waals surface area contributed by atoms with E-state index in [1.54, 1.807) is 20.8 Å².